The van der Waals surface area contributed by atoms with Gasteiger partial charge in [0.1, 0.15) is 12.2 Å². The first kappa shape index (κ1) is 46.8. The Bertz CT molecular complexity index is 545. The fourth-order valence-electron chi connectivity index (χ4n) is 5.99. The van der Waals surface area contributed by atoms with Crippen LogP contribution in [0.5, 0.6) is 0 Å². The van der Waals surface area contributed by atoms with Crippen molar-refractivity contribution in [1.29, 1.82) is 0 Å². The van der Waals surface area contributed by atoms with Crippen molar-refractivity contribution < 1.29 is 23.7 Å². The minimum Gasteiger partial charge on any atom is -0.379 e. The average Bonchev–Trinajstić information content (AvgIpc) is 3.08. The van der Waals surface area contributed by atoms with Crippen LogP contribution in [0.3, 0.4) is 0 Å². The molecule has 0 aliphatic carbocycles. The molecule has 0 fully saturated rings. The number of rotatable bonds is 42. The lowest BCUT2D eigenvalue weighted by molar-refractivity contribution is -0.0958. The van der Waals surface area contributed by atoms with Gasteiger partial charge in [-0.15, -0.1) is 0 Å². The van der Waals surface area contributed by atoms with Gasteiger partial charge in [-0.3, -0.25) is 0 Å². The molecule has 2 unspecified atom stereocenters. The Morgan fingerprint density at radius 1 is 0.255 bits per heavy atom. The van der Waals surface area contributed by atoms with Gasteiger partial charge >= 0.3 is 0 Å². The third-order valence-electron chi connectivity index (χ3n) is 9.20. The van der Waals surface area contributed by atoms with E-state index >= 15 is 0 Å². The first-order chi connectivity index (χ1) is 23.3. The first-order valence-electron chi connectivity index (χ1n) is 21.2. The molecule has 0 saturated heterocycles. The molecule has 0 spiro atoms. The van der Waals surface area contributed by atoms with Crippen molar-refractivity contribution in [3.8, 4) is 0 Å². The maximum atomic E-state index is 6.33. The van der Waals surface area contributed by atoms with E-state index in [0.29, 0.717) is 26.4 Å². The highest BCUT2D eigenvalue weighted by molar-refractivity contribution is 4.61. The summed E-state index contributed by atoms with van der Waals surface area (Å²) in [5.74, 6) is 0. The van der Waals surface area contributed by atoms with E-state index in [9.17, 15) is 0 Å². The van der Waals surface area contributed by atoms with Gasteiger partial charge in [-0.1, -0.05) is 182 Å². The lowest BCUT2D eigenvalue weighted by atomic mass is 10.1. The lowest BCUT2D eigenvalue weighted by Crippen LogP contribution is -2.31. The summed E-state index contributed by atoms with van der Waals surface area (Å²) in [6.07, 6.45) is 36.4. The second-order valence-corrected chi connectivity index (χ2v) is 14.2. The van der Waals surface area contributed by atoms with Crippen molar-refractivity contribution in [2.45, 2.75) is 220 Å². The highest BCUT2D eigenvalue weighted by Gasteiger charge is 2.15. The van der Waals surface area contributed by atoms with Gasteiger partial charge < -0.3 is 23.7 Å². The van der Waals surface area contributed by atoms with Crippen molar-refractivity contribution in [3.63, 3.8) is 0 Å². The van der Waals surface area contributed by atoms with E-state index in [-0.39, 0.29) is 12.2 Å². The third kappa shape index (κ3) is 38.5. The molecule has 0 amide bonds. The number of ether oxygens (including phenoxy) is 5. The molecule has 5 nitrogen and oxygen atoms in total. The number of hydrogen-bond acceptors (Lipinski definition) is 5. The van der Waals surface area contributed by atoms with Gasteiger partial charge in [0.2, 0.25) is 0 Å². The van der Waals surface area contributed by atoms with Crippen LogP contribution >= 0.6 is 0 Å². The number of hydrogen-bond donors (Lipinski definition) is 0. The second kappa shape index (κ2) is 42.0. The van der Waals surface area contributed by atoms with Gasteiger partial charge in [-0.2, -0.15) is 0 Å². The lowest BCUT2D eigenvalue weighted by Gasteiger charge is -2.22. The minimum absolute atomic E-state index is 0.0164. The predicted octanol–water partition coefficient (Wildman–Crippen LogP) is 12.8. The van der Waals surface area contributed by atoms with E-state index in [4.69, 9.17) is 23.7 Å². The molecule has 0 heterocycles. The monoisotopic (exact) mass is 671 g/mol. The van der Waals surface area contributed by atoms with E-state index in [0.717, 1.165) is 52.1 Å². The zero-order chi connectivity index (χ0) is 34.1. The SMILES string of the molecule is CCCCCCCCCCOCC(COCC(COCCCCCCCC)OCCCCCCCC)OCCCCCCCCCC. The Kier molecular flexibility index (Phi) is 41.8. The molecule has 47 heavy (non-hydrogen) atoms. The molecule has 5 heteroatoms. The topological polar surface area (TPSA) is 46.2 Å². The molecule has 0 bridgehead atoms. The highest BCUT2D eigenvalue weighted by Crippen LogP contribution is 2.12. The van der Waals surface area contributed by atoms with Crippen LogP contribution in [0.1, 0.15) is 207 Å². The molecule has 0 aliphatic heterocycles. The van der Waals surface area contributed by atoms with Crippen LogP contribution < -0.4 is 0 Å². The van der Waals surface area contributed by atoms with E-state index < -0.39 is 0 Å². The summed E-state index contributed by atoms with van der Waals surface area (Å²) in [6.45, 7) is 14.7. The fraction of sp³-hybridized carbons (Fsp3) is 1.00. The second-order valence-electron chi connectivity index (χ2n) is 14.2. The van der Waals surface area contributed by atoms with Crippen LogP contribution in [0.4, 0.5) is 0 Å². The van der Waals surface area contributed by atoms with Crippen LogP contribution in [0.25, 0.3) is 0 Å². The summed E-state index contributed by atoms with van der Waals surface area (Å²) in [4.78, 5) is 0. The molecule has 0 aromatic carbocycles. The third-order valence-corrected chi connectivity index (χ3v) is 9.20. The number of unbranched alkanes of at least 4 members (excludes halogenated alkanes) is 24. The van der Waals surface area contributed by atoms with Crippen molar-refractivity contribution in [1.82, 2.24) is 0 Å². The summed E-state index contributed by atoms with van der Waals surface area (Å²) in [6, 6.07) is 0. The molecule has 0 aromatic heterocycles. The van der Waals surface area contributed by atoms with Gasteiger partial charge in [0.25, 0.3) is 0 Å². The summed E-state index contributed by atoms with van der Waals surface area (Å²) in [5.41, 5.74) is 0. The Balaban J connectivity index is 4.55. The average molecular weight is 671 g/mol. The van der Waals surface area contributed by atoms with Gasteiger partial charge in [0, 0.05) is 26.4 Å². The van der Waals surface area contributed by atoms with Crippen molar-refractivity contribution in [3.05, 3.63) is 0 Å². The fourth-order valence-corrected chi connectivity index (χ4v) is 5.99. The Labute approximate surface area is 295 Å². The van der Waals surface area contributed by atoms with Crippen LogP contribution in [0.15, 0.2) is 0 Å². The van der Waals surface area contributed by atoms with E-state index in [1.807, 2.05) is 0 Å². The zero-order valence-corrected chi connectivity index (χ0v) is 32.7. The molecule has 0 aliphatic rings. The predicted molar refractivity (Wildman–Crippen MR) is 204 cm³/mol. The van der Waals surface area contributed by atoms with Crippen molar-refractivity contribution in [2.24, 2.45) is 0 Å². The van der Waals surface area contributed by atoms with Gasteiger partial charge in [-0.25, -0.2) is 0 Å². The van der Waals surface area contributed by atoms with E-state index in [1.54, 1.807) is 0 Å². The van der Waals surface area contributed by atoms with Crippen LogP contribution in [-0.2, 0) is 23.7 Å². The smallest absolute Gasteiger partial charge is 0.104 e. The summed E-state index contributed by atoms with van der Waals surface area (Å²) in [5, 5.41) is 0. The Morgan fingerprint density at radius 3 is 0.787 bits per heavy atom. The van der Waals surface area contributed by atoms with Gasteiger partial charge in [0.15, 0.2) is 0 Å². The summed E-state index contributed by atoms with van der Waals surface area (Å²) < 4.78 is 31.1. The molecular formula is C42H86O5. The van der Waals surface area contributed by atoms with Crippen LogP contribution in [-0.4, -0.2) is 65.1 Å². The minimum atomic E-state index is -0.0168. The molecule has 0 aromatic rings. The normalized spacial score (nSPS) is 13.0. The molecular weight excluding hydrogens is 584 g/mol. The molecule has 0 saturated carbocycles. The van der Waals surface area contributed by atoms with Gasteiger partial charge in [0.05, 0.1) is 26.4 Å². The quantitative estimate of drug-likeness (QED) is 0.0605. The molecule has 0 rings (SSSR count). The largest absolute Gasteiger partial charge is 0.379 e. The Hall–Kier alpha value is -0.200. The van der Waals surface area contributed by atoms with E-state index in [1.165, 1.54) is 154 Å². The van der Waals surface area contributed by atoms with Gasteiger partial charge in [-0.05, 0) is 25.7 Å². The zero-order valence-electron chi connectivity index (χ0n) is 32.7. The Morgan fingerprint density at radius 2 is 0.489 bits per heavy atom. The van der Waals surface area contributed by atoms with Crippen LogP contribution in [0.2, 0.25) is 0 Å². The standard InChI is InChI=1S/C42H86O5/c1-5-9-13-17-21-23-26-30-34-44-38-42(47-36-32-28-24-22-18-14-10-6-2)40-45-39-41(46-35-31-27-20-16-12-8-4)37-43-33-29-25-19-15-11-7-3/h41-42H,5-40H2,1-4H3. The maximum Gasteiger partial charge on any atom is 0.104 e. The van der Waals surface area contributed by atoms with Crippen LogP contribution in [0, 0.1) is 0 Å². The van der Waals surface area contributed by atoms with E-state index in [2.05, 4.69) is 27.7 Å². The molecule has 284 valence electrons. The maximum absolute atomic E-state index is 6.33. The first-order valence-corrected chi connectivity index (χ1v) is 21.2. The molecule has 2 atom stereocenters. The summed E-state index contributed by atoms with van der Waals surface area (Å²) in [7, 11) is 0. The molecule has 0 radical (unpaired) electrons. The summed E-state index contributed by atoms with van der Waals surface area (Å²) >= 11 is 0. The highest BCUT2D eigenvalue weighted by atomic mass is 16.6. The van der Waals surface area contributed by atoms with Crippen molar-refractivity contribution in [2.75, 3.05) is 52.9 Å². The molecule has 0 N–H and O–H groups in total. The van der Waals surface area contributed by atoms with Crippen molar-refractivity contribution >= 4 is 0 Å².